The third kappa shape index (κ3) is 4.33. The van der Waals surface area contributed by atoms with Crippen molar-refractivity contribution in [3.63, 3.8) is 0 Å². The number of likely N-dealkylation sites (tertiary alicyclic amines) is 1. The van der Waals surface area contributed by atoms with E-state index in [1.165, 1.54) is 17.0 Å². The molecule has 2 aromatic rings. The van der Waals surface area contributed by atoms with Gasteiger partial charge in [0.05, 0.1) is 13.1 Å². The number of urea groups is 1. The Kier molecular flexibility index (Phi) is 4.71. The third-order valence-electron chi connectivity index (χ3n) is 3.53. The summed E-state index contributed by atoms with van der Waals surface area (Å²) in [5.41, 5.74) is -0.417. The van der Waals surface area contributed by atoms with Gasteiger partial charge < -0.3 is 15.0 Å². The number of halogens is 4. The Balaban J connectivity index is 1.51. The van der Waals surface area contributed by atoms with E-state index in [0.29, 0.717) is 10.7 Å². The largest absolute Gasteiger partial charge is 0.471 e. The molecule has 2 amide bonds. The molecule has 0 atom stereocenters. The van der Waals surface area contributed by atoms with Crippen molar-refractivity contribution in [2.24, 2.45) is 0 Å². The molecule has 0 unspecified atom stereocenters. The van der Waals surface area contributed by atoms with Crippen molar-refractivity contribution in [3.05, 3.63) is 53.2 Å². The molecule has 1 fully saturated rings. The summed E-state index contributed by atoms with van der Waals surface area (Å²) in [4.78, 5) is 16.9. The number of nitrogens with zero attached hydrogens (tertiary/aromatic N) is 2. The average molecular weight is 372 g/mol. The molecule has 0 aliphatic carbocycles. The van der Waals surface area contributed by atoms with E-state index in [-0.39, 0.29) is 25.0 Å². The molecule has 25 heavy (non-hydrogen) atoms. The van der Waals surface area contributed by atoms with Crippen LogP contribution in [0.2, 0.25) is 5.02 Å². The molecule has 1 aromatic carbocycles. The third-order valence-corrected chi connectivity index (χ3v) is 3.78. The van der Waals surface area contributed by atoms with Gasteiger partial charge in [-0.15, -0.1) is 0 Å². The van der Waals surface area contributed by atoms with Crippen LogP contribution in [0.3, 0.4) is 0 Å². The zero-order valence-corrected chi connectivity index (χ0v) is 13.5. The first-order valence-electron chi connectivity index (χ1n) is 7.34. The molecule has 0 bridgehead atoms. The van der Waals surface area contributed by atoms with Crippen molar-refractivity contribution in [1.82, 2.24) is 9.88 Å². The fraction of sp³-hybridized carbons (Fsp3) is 0.250. The van der Waals surface area contributed by atoms with E-state index in [4.69, 9.17) is 16.3 Å². The van der Waals surface area contributed by atoms with Crippen LogP contribution in [-0.2, 0) is 6.18 Å². The Morgan fingerprint density at radius 2 is 1.88 bits per heavy atom. The molecular weight excluding hydrogens is 359 g/mol. The number of amides is 2. The lowest BCUT2D eigenvalue weighted by Gasteiger charge is -2.38. The number of carbonyl (C=O) groups excluding carboxylic acids is 1. The molecule has 0 spiro atoms. The van der Waals surface area contributed by atoms with Crippen molar-refractivity contribution < 1.29 is 22.7 Å². The SMILES string of the molecule is O=C(Nc1ccc(Cl)cc1)N1CC(Oc2cccc(C(F)(F)F)n2)C1. The highest BCUT2D eigenvalue weighted by Gasteiger charge is 2.35. The molecule has 132 valence electrons. The first-order chi connectivity index (χ1) is 11.8. The van der Waals surface area contributed by atoms with Crippen molar-refractivity contribution in [2.75, 3.05) is 18.4 Å². The van der Waals surface area contributed by atoms with Gasteiger partial charge in [-0.1, -0.05) is 17.7 Å². The molecule has 3 rings (SSSR count). The fourth-order valence-electron chi connectivity index (χ4n) is 2.22. The van der Waals surface area contributed by atoms with Gasteiger partial charge >= 0.3 is 12.2 Å². The zero-order chi connectivity index (χ0) is 18.0. The minimum Gasteiger partial charge on any atom is -0.471 e. The van der Waals surface area contributed by atoms with Crippen LogP contribution in [0.15, 0.2) is 42.5 Å². The number of pyridine rings is 1. The number of nitrogens with one attached hydrogen (secondary N) is 1. The summed E-state index contributed by atoms with van der Waals surface area (Å²) in [6.45, 7) is 0.523. The second kappa shape index (κ2) is 6.79. The van der Waals surface area contributed by atoms with Crippen molar-refractivity contribution in [3.8, 4) is 5.88 Å². The Labute approximate surface area is 146 Å². The highest BCUT2D eigenvalue weighted by molar-refractivity contribution is 6.30. The van der Waals surface area contributed by atoms with E-state index in [2.05, 4.69) is 10.3 Å². The summed E-state index contributed by atoms with van der Waals surface area (Å²) in [6, 6.07) is 9.78. The highest BCUT2D eigenvalue weighted by atomic mass is 35.5. The molecular formula is C16H13ClF3N3O2. The Morgan fingerprint density at radius 3 is 2.52 bits per heavy atom. The first kappa shape index (κ1) is 17.3. The van der Waals surface area contributed by atoms with Gasteiger partial charge in [-0.2, -0.15) is 13.2 Å². The molecule has 0 radical (unpaired) electrons. The molecule has 5 nitrogen and oxygen atoms in total. The van der Waals surface area contributed by atoms with E-state index in [0.717, 1.165) is 6.07 Å². The van der Waals surface area contributed by atoms with E-state index < -0.39 is 18.0 Å². The minimum atomic E-state index is -4.52. The van der Waals surface area contributed by atoms with E-state index in [1.54, 1.807) is 24.3 Å². The molecule has 9 heteroatoms. The van der Waals surface area contributed by atoms with Crippen molar-refractivity contribution >= 4 is 23.3 Å². The van der Waals surface area contributed by atoms with Crippen molar-refractivity contribution in [1.29, 1.82) is 0 Å². The number of aromatic nitrogens is 1. The van der Waals surface area contributed by atoms with Crippen LogP contribution in [0.1, 0.15) is 5.69 Å². The van der Waals surface area contributed by atoms with Gasteiger partial charge in [-0.3, -0.25) is 0 Å². The number of ether oxygens (including phenoxy) is 1. The number of benzene rings is 1. The summed E-state index contributed by atoms with van der Waals surface area (Å²) in [6.07, 6.45) is -4.92. The Morgan fingerprint density at radius 1 is 1.20 bits per heavy atom. The predicted molar refractivity (Wildman–Crippen MR) is 85.7 cm³/mol. The van der Waals surface area contributed by atoms with Crippen LogP contribution >= 0.6 is 11.6 Å². The number of hydrogen-bond acceptors (Lipinski definition) is 3. The maximum atomic E-state index is 12.6. The number of hydrogen-bond donors (Lipinski definition) is 1. The standard InChI is InChI=1S/C16H13ClF3N3O2/c17-10-4-6-11(7-5-10)21-15(24)23-8-12(9-23)25-14-3-1-2-13(22-14)16(18,19)20/h1-7,12H,8-9H2,(H,21,24). The van der Waals surface area contributed by atoms with E-state index >= 15 is 0 Å². The van der Waals surface area contributed by atoms with Crippen LogP contribution in [0, 0.1) is 0 Å². The smallest absolute Gasteiger partial charge is 0.433 e. The van der Waals surface area contributed by atoms with Gasteiger partial charge in [0, 0.05) is 16.8 Å². The molecule has 1 N–H and O–H groups in total. The normalized spacial score (nSPS) is 14.8. The monoisotopic (exact) mass is 371 g/mol. The average Bonchev–Trinajstić information content (AvgIpc) is 2.52. The summed E-state index contributed by atoms with van der Waals surface area (Å²) in [5, 5.41) is 3.25. The summed E-state index contributed by atoms with van der Waals surface area (Å²) >= 11 is 5.77. The van der Waals surface area contributed by atoms with Crippen LogP contribution in [-0.4, -0.2) is 35.1 Å². The summed E-state index contributed by atoms with van der Waals surface area (Å²) < 4.78 is 43.2. The number of carbonyl (C=O) groups is 1. The number of rotatable bonds is 3. The summed E-state index contributed by atoms with van der Waals surface area (Å²) in [7, 11) is 0. The maximum absolute atomic E-state index is 12.6. The van der Waals surface area contributed by atoms with Gasteiger partial charge in [-0.05, 0) is 30.3 Å². The van der Waals surface area contributed by atoms with E-state index in [1.807, 2.05) is 0 Å². The molecule has 1 aliphatic heterocycles. The molecule has 0 saturated carbocycles. The molecule has 1 aliphatic rings. The van der Waals surface area contributed by atoms with E-state index in [9.17, 15) is 18.0 Å². The number of anilines is 1. The second-order valence-electron chi connectivity index (χ2n) is 5.44. The molecule has 1 aromatic heterocycles. The Hall–Kier alpha value is -2.48. The lowest BCUT2D eigenvalue weighted by molar-refractivity contribution is -0.141. The van der Waals surface area contributed by atoms with Crippen LogP contribution in [0.5, 0.6) is 5.88 Å². The maximum Gasteiger partial charge on any atom is 0.433 e. The zero-order valence-electron chi connectivity index (χ0n) is 12.8. The quantitative estimate of drug-likeness (QED) is 0.885. The minimum absolute atomic E-state index is 0.113. The van der Waals surface area contributed by atoms with Crippen LogP contribution in [0.25, 0.3) is 0 Å². The summed E-state index contributed by atoms with van der Waals surface area (Å²) in [5.74, 6) is -0.113. The molecule has 1 saturated heterocycles. The topological polar surface area (TPSA) is 54.5 Å². The van der Waals surface area contributed by atoms with Gasteiger partial charge in [0.15, 0.2) is 0 Å². The lowest BCUT2D eigenvalue weighted by atomic mass is 10.2. The Bertz CT molecular complexity index is 762. The van der Waals surface area contributed by atoms with Gasteiger partial charge in [0.1, 0.15) is 11.8 Å². The van der Waals surface area contributed by atoms with Gasteiger partial charge in [0.25, 0.3) is 0 Å². The van der Waals surface area contributed by atoms with Gasteiger partial charge in [-0.25, -0.2) is 9.78 Å². The van der Waals surface area contributed by atoms with Crippen LogP contribution < -0.4 is 10.1 Å². The molecule has 2 heterocycles. The fourth-order valence-corrected chi connectivity index (χ4v) is 2.35. The number of alkyl halides is 3. The predicted octanol–water partition coefficient (Wildman–Crippen LogP) is 4.05. The second-order valence-corrected chi connectivity index (χ2v) is 5.88. The van der Waals surface area contributed by atoms with Crippen molar-refractivity contribution in [2.45, 2.75) is 12.3 Å². The van der Waals surface area contributed by atoms with Crippen LogP contribution in [0.4, 0.5) is 23.7 Å². The highest BCUT2D eigenvalue weighted by Crippen LogP contribution is 2.29. The first-order valence-corrected chi connectivity index (χ1v) is 7.71. The van der Waals surface area contributed by atoms with Gasteiger partial charge in [0.2, 0.25) is 5.88 Å². The lowest BCUT2D eigenvalue weighted by Crippen LogP contribution is -2.57.